The van der Waals surface area contributed by atoms with Crippen LogP contribution in [0.3, 0.4) is 0 Å². The van der Waals surface area contributed by atoms with Gasteiger partial charge in [0.15, 0.2) is 0 Å². The van der Waals surface area contributed by atoms with Crippen molar-refractivity contribution in [2.24, 2.45) is 5.92 Å². The Labute approximate surface area is 103 Å². The van der Waals surface area contributed by atoms with E-state index in [1.54, 1.807) is 0 Å². The maximum atomic E-state index is 11.0. The van der Waals surface area contributed by atoms with Gasteiger partial charge in [-0.1, -0.05) is 44.5 Å². The zero-order valence-electron chi connectivity index (χ0n) is 10.6. The van der Waals surface area contributed by atoms with Crippen LogP contribution in [-0.2, 0) is 16.6 Å². The molecule has 1 aliphatic rings. The molecule has 1 N–H and O–H groups in total. The second-order valence-corrected chi connectivity index (χ2v) is 5.31. The molecular weight excluding hydrogens is 212 g/mol. The summed E-state index contributed by atoms with van der Waals surface area (Å²) in [5.74, 6) is -0.855. The van der Waals surface area contributed by atoms with Crippen molar-refractivity contribution in [3.63, 3.8) is 0 Å². The van der Waals surface area contributed by atoms with Gasteiger partial charge in [0, 0.05) is 5.41 Å². The van der Waals surface area contributed by atoms with E-state index < -0.39 is 5.97 Å². The summed E-state index contributed by atoms with van der Waals surface area (Å²) in [6, 6.07) is 8.50. The molecule has 0 amide bonds. The van der Waals surface area contributed by atoms with Gasteiger partial charge in [0.2, 0.25) is 0 Å². The van der Waals surface area contributed by atoms with Crippen molar-refractivity contribution < 1.29 is 9.90 Å². The van der Waals surface area contributed by atoms with E-state index in [0.717, 1.165) is 12.8 Å². The van der Waals surface area contributed by atoms with Crippen LogP contribution in [0.2, 0.25) is 0 Å². The summed E-state index contributed by atoms with van der Waals surface area (Å²) in [7, 11) is 0. The molecule has 92 valence electrons. The van der Waals surface area contributed by atoms with E-state index in [4.69, 9.17) is 5.11 Å². The fraction of sp³-hybridized carbons (Fsp3) is 0.533. The van der Waals surface area contributed by atoms with E-state index >= 15 is 0 Å². The summed E-state index contributed by atoms with van der Waals surface area (Å²) < 4.78 is 0. The molecule has 0 bridgehead atoms. The van der Waals surface area contributed by atoms with Crippen LogP contribution in [0, 0.1) is 5.92 Å². The Balaban J connectivity index is 2.06. The number of hydrogen-bond acceptors (Lipinski definition) is 1. The Kier molecular flexibility index (Phi) is 3.23. The van der Waals surface area contributed by atoms with Gasteiger partial charge in [0.1, 0.15) is 0 Å². The maximum absolute atomic E-state index is 11.0. The minimum Gasteiger partial charge on any atom is -0.481 e. The molecule has 1 saturated carbocycles. The summed E-state index contributed by atoms with van der Waals surface area (Å²) in [5.41, 5.74) is 2.40. The normalized spacial score (nSPS) is 26.8. The van der Waals surface area contributed by atoms with Crippen molar-refractivity contribution in [2.45, 2.75) is 44.9 Å². The smallest absolute Gasteiger partial charge is 0.307 e. The molecule has 17 heavy (non-hydrogen) atoms. The van der Waals surface area contributed by atoms with Crippen molar-refractivity contribution in [3.8, 4) is 0 Å². The van der Waals surface area contributed by atoms with Crippen molar-refractivity contribution >= 4 is 5.97 Å². The quantitative estimate of drug-likeness (QED) is 0.845. The van der Waals surface area contributed by atoms with Gasteiger partial charge in [0.05, 0.1) is 5.92 Å². The average Bonchev–Trinajstić information content (AvgIpc) is 3.01. The molecule has 1 aromatic rings. The van der Waals surface area contributed by atoms with Crippen LogP contribution in [0.1, 0.15) is 44.2 Å². The molecule has 0 radical (unpaired) electrons. The van der Waals surface area contributed by atoms with Crippen LogP contribution in [0.5, 0.6) is 0 Å². The summed E-state index contributed by atoms with van der Waals surface area (Å²) >= 11 is 0. The number of rotatable bonds is 5. The maximum Gasteiger partial charge on any atom is 0.307 e. The molecule has 0 spiro atoms. The van der Waals surface area contributed by atoms with E-state index in [0.29, 0.717) is 0 Å². The van der Waals surface area contributed by atoms with E-state index in [-0.39, 0.29) is 11.3 Å². The molecule has 2 atom stereocenters. The van der Waals surface area contributed by atoms with E-state index in [1.165, 1.54) is 24.0 Å². The lowest BCUT2D eigenvalue weighted by Gasteiger charge is -2.11. The first-order valence-electron chi connectivity index (χ1n) is 6.40. The molecular formula is C15H20O2. The second kappa shape index (κ2) is 4.52. The van der Waals surface area contributed by atoms with Gasteiger partial charge in [0.25, 0.3) is 0 Å². The zero-order chi connectivity index (χ0) is 12.5. The fourth-order valence-corrected chi connectivity index (χ4v) is 2.48. The Morgan fingerprint density at radius 2 is 2.06 bits per heavy atom. The van der Waals surface area contributed by atoms with E-state index in [2.05, 4.69) is 31.2 Å². The van der Waals surface area contributed by atoms with E-state index in [9.17, 15) is 4.79 Å². The van der Waals surface area contributed by atoms with Gasteiger partial charge < -0.3 is 5.11 Å². The first-order valence-corrected chi connectivity index (χ1v) is 6.40. The van der Waals surface area contributed by atoms with Gasteiger partial charge >= 0.3 is 5.97 Å². The highest BCUT2D eigenvalue weighted by molar-refractivity contribution is 5.77. The first kappa shape index (κ1) is 12.2. The Morgan fingerprint density at radius 3 is 2.53 bits per heavy atom. The van der Waals surface area contributed by atoms with Crippen LogP contribution < -0.4 is 0 Å². The molecule has 0 heterocycles. The number of benzene rings is 1. The Bertz CT molecular complexity index is 407. The van der Waals surface area contributed by atoms with Crippen LogP contribution >= 0.6 is 0 Å². The van der Waals surface area contributed by atoms with Crippen LogP contribution in [0.25, 0.3) is 0 Å². The molecule has 0 saturated heterocycles. The molecule has 1 fully saturated rings. The van der Waals surface area contributed by atoms with Crippen LogP contribution in [0.15, 0.2) is 24.3 Å². The third-order valence-electron chi connectivity index (χ3n) is 3.97. The molecule has 2 heteroatoms. The zero-order valence-corrected chi connectivity index (χ0v) is 10.6. The summed E-state index contributed by atoms with van der Waals surface area (Å²) in [6.45, 7) is 4.24. The van der Waals surface area contributed by atoms with Crippen molar-refractivity contribution in [2.75, 3.05) is 0 Å². The molecule has 2 unspecified atom stereocenters. The molecule has 1 aromatic carbocycles. The van der Waals surface area contributed by atoms with Crippen molar-refractivity contribution in [1.82, 2.24) is 0 Å². The number of carboxylic acid groups (broad SMARTS) is 1. The molecule has 0 aliphatic heterocycles. The first-order chi connectivity index (χ1) is 8.08. The monoisotopic (exact) mass is 232 g/mol. The number of carboxylic acids is 1. The molecule has 2 nitrogen and oxygen atoms in total. The number of aliphatic carboxylic acids is 1. The highest BCUT2D eigenvalue weighted by Gasteiger charge is 2.55. The van der Waals surface area contributed by atoms with E-state index in [1.807, 2.05) is 6.92 Å². The standard InChI is InChI=1S/C15H20O2/c1-3-4-5-11-6-8-12(9-7-11)15(2)10-13(15)14(16)17/h6-9,13H,3-5,10H2,1-2H3,(H,16,17). The third kappa shape index (κ3) is 2.36. The fourth-order valence-electron chi connectivity index (χ4n) is 2.48. The molecule has 0 aromatic heterocycles. The predicted molar refractivity (Wildman–Crippen MR) is 68.1 cm³/mol. The largest absolute Gasteiger partial charge is 0.481 e. The van der Waals surface area contributed by atoms with Crippen molar-refractivity contribution in [3.05, 3.63) is 35.4 Å². The van der Waals surface area contributed by atoms with Crippen LogP contribution in [-0.4, -0.2) is 11.1 Å². The van der Waals surface area contributed by atoms with Crippen molar-refractivity contribution in [1.29, 1.82) is 0 Å². The highest BCUT2D eigenvalue weighted by Crippen LogP contribution is 2.53. The van der Waals surface area contributed by atoms with Gasteiger partial charge in [-0.2, -0.15) is 0 Å². The number of aryl methyl sites for hydroxylation is 1. The average molecular weight is 232 g/mol. The number of carbonyl (C=O) groups is 1. The highest BCUT2D eigenvalue weighted by atomic mass is 16.4. The number of hydrogen-bond donors (Lipinski definition) is 1. The minimum absolute atomic E-state index is 0.130. The topological polar surface area (TPSA) is 37.3 Å². The van der Waals surface area contributed by atoms with Gasteiger partial charge in [-0.05, 0) is 30.4 Å². The lowest BCUT2D eigenvalue weighted by molar-refractivity contribution is -0.138. The Hall–Kier alpha value is -1.31. The summed E-state index contributed by atoms with van der Waals surface area (Å²) in [6.07, 6.45) is 4.32. The number of unbranched alkanes of at least 4 members (excludes halogenated alkanes) is 1. The van der Waals surface area contributed by atoms with Crippen LogP contribution in [0.4, 0.5) is 0 Å². The lowest BCUT2D eigenvalue weighted by Crippen LogP contribution is -2.10. The van der Waals surface area contributed by atoms with Gasteiger partial charge in [-0.25, -0.2) is 0 Å². The van der Waals surface area contributed by atoms with Gasteiger partial charge in [-0.3, -0.25) is 4.79 Å². The summed E-state index contributed by atoms with van der Waals surface area (Å²) in [4.78, 5) is 11.0. The SMILES string of the molecule is CCCCc1ccc(C2(C)CC2C(=O)O)cc1. The Morgan fingerprint density at radius 1 is 1.41 bits per heavy atom. The van der Waals surface area contributed by atoms with Gasteiger partial charge in [-0.15, -0.1) is 0 Å². The second-order valence-electron chi connectivity index (χ2n) is 5.31. The molecule has 1 aliphatic carbocycles. The minimum atomic E-state index is -0.664. The lowest BCUT2D eigenvalue weighted by atomic mass is 9.94. The predicted octanol–water partition coefficient (Wildman–Crippen LogP) is 3.39. The third-order valence-corrected chi connectivity index (χ3v) is 3.97. The molecule has 2 rings (SSSR count). The summed E-state index contributed by atoms with van der Waals surface area (Å²) in [5, 5.41) is 9.02.